The number of hydrogen-bond acceptors (Lipinski definition) is 6. The Morgan fingerprint density at radius 1 is 0.906 bits per heavy atom. The lowest BCUT2D eigenvalue weighted by Gasteiger charge is -2.27. The molecule has 1 aliphatic heterocycles. The standard InChI is InChI=1S/C23H21N3O6/c1-24-15(12-18(27)25(2)23(24)31)13-32-19(28)10-5-11-26-21(29)16-8-3-6-14-7-4-9-17(20(14)16)22(26)30/h3-4,6-9,12H,5,10-11,13H2,1-2H3. The van der Waals surface area contributed by atoms with E-state index in [1.165, 1.54) is 24.7 Å². The third-order valence-corrected chi connectivity index (χ3v) is 5.62. The van der Waals surface area contributed by atoms with E-state index in [-0.39, 0.29) is 43.5 Å². The zero-order chi connectivity index (χ0) is 23.0. The van der Waals surface area contributed by atoms with Crippen LogP contribution in [0.4, 0.5) is 0 Å². The van der Waals surface area contributed by atoms with E-state index in [4.69, 9.17) is 4.74 Å². The van der Waals surface area contributed by atoms with E-state index >= 15 is 0 Å². The first-order valence-electron chi connectivity index (χ1n) is 10.1. The van der Waals surface area contributed by atoms with Crippen LogP contribution in [0.5, 0.6) is 0 Å². The van der Waals surface area contributed by atoms with E-state index in [0.29, 0.717) is 16.5 Å². The molecule has 9 heteroatoms. The average Bonchev–Trinajstić information content (AvgIpc) is 2.79. The van der Waals surface area contributed by atoms with Crippen molar-refractivity contribution in [3.8, 4) is 0 Å². The molecular weight excluding hydrogens is 414 g/mol. The lowest BCUT2D eigenvalue weighted by Crippen LogP contribution is -2.41. The van der Waals surface area contributed by atoms with Crippen molar-refractivity contribution < 1.29 is 19.1 Å². The van der Waals surface area contributed by atoms with Gasteiger partial charge in [-0.3, -0.25) is 33.2 Å². The van der Waals surface area contributed by atoms with Gasteiger partial charge in [0.15, 0.2) is 0 Å². The van der Waals surface area contributed by atoms with Crippen LogP contribution < -0.4 is 11.2 Å². The molecule has 0 bridgehead atoms. The van der Waals surface area contributed by atoms with Crippen molar-refractivity contribution in [2.75, 3.05) is 6.54 Å². The molecule has 2 aromatic carbocycles. The van der Waals surface area contributed by atoms with Gasteiger partial charge in [-0.15, -0.1) is 0 Å². The van der Waals surface area contributed by atoms with E-state index in [9.17, 15) is 24.0 Å². The van der Waals surface area contributed by atoms with Gasteiger partial charge in [0.2, 0.25) is 0 Å². The normalized spacial score (nSPS) is 13.0. The van der Waals surface area contributed by atoms with Crippen LogP contribution in [-0.2, 0) is 30.2 Å². The fourth-order valence-electron chi connectivity index (χ4n) is 3.81. The quantitative estimate of drug-likeness (QED) is 0.427. The van der Waals surface area contributed by atoms with Gasteiger partial charge in [-0.25, -0.2) is 4.79 Å². The fraction of sp³-hybridized carbons (Fsp3) is 0.261. The largest absolute Gasteiger partial charge is 0.459 e. The molecule has 32 heavy (non-hydrogen) atoms. The first-order chi connectivity index (χ1) is 15.3. The Bertz CT molecular complexity index is 1330. The maximum absolute atomic E-state index is 12.9. The van der Waals surface area contributed by atoms with E-state index in [1.54, 1.807) is 24.3 Å². The molecule has 0 unspecified atom stereocenters. The second-order valence-electron chi connectivity index (χ2n) is 7.61. The maximum Gasteiger partial charge on any atom is 0.330 e. The van der Waals surface area contributed by atoms with Crippen molar-refractivity contribution in [2.45, 2.75) is 19.4 Å². The van der Waals surface area contributed by atoms with Gasteiger partial charge in [0.05, 0.1) is 5.69 Å². The molecule has 0 saturated carbocycles. The third kappa shape index (κ3) is 3.62. The number of benzene rings is 2. The summed E-state index contributed by atoms with van der Waals surface area (Å²) in [4.78, 5) is 62.7. The van der Waals surface area contributed by atoms with E-state index in [0.717, 1.165) is 14.9 Å². The van der Waals surface area contributed by atoms with Gasteiger partial charge in [0.1, 0.15) is 6.61 Å². The minimum Gasteiger partial charge on any atom is -0.459 e. The molecule has 1 aliphatic rings. The Morgan fingerprint density at radius 3 is 2.16 bits per heavy atom. The van der Waals surface area contributed by atoms with Gasteiger partial charge < -0.3 is 4.74 Å². The molecule has 1 aromatic heterocycles. The van der Waals surface area contributed by atoms with Gasteiger partial charge in [-0.2, -0.15) is 0 Å². The number of carbonyl (C=O) groups excluding carboxylic acids is 3. The summed E-state index contributed by atoms with van der Waals surface area (Å²) in [6.45, 7) is -0.153. The fourth-order valence-corrected chi connectivity index (χ4v) is 3.81. The second kappa shape index (κ2) is 8.26. The van der Waals surface area contributed by atoms with E-state index in [1.807, 2.05) is 12.1 Å². The Balaban J connectivity index is 1.38. The van der Waals surface area contributed by atoms with Crippen LogP contribution in [0.1, 0.15) is 39.3 Å². The Hall–Kier alpha value is -4.01. The monoisotopic (exact) mass is 435 g/mol. The topological polar surface area (TPSA) is 108 Å². The lowest BCUT2D eigenvalue weighted by atomic mass is 9.94. The molecule has 0 fully saturated rings. The predicted octanol–water partition coefficient (Wildman–Crippen LogP) is 1.36. The third-order valence-electron chi connectivity index (χ3n) is 5.62. The molecule has 2 heterocycles. The first-order valence-corrected chi connectivity index (χ1v) is 10.1. The summed E-state index contributed by atoms with van der Waals surface area (Å²) in [5.41, 5.74) is 0.203. The predicted molar refractivity (Wildman–Crippen MR) is 115 cm³/mol. The van der Waals surface area contributed by atoms with Gasteiger partial charge in [0.25, 0.3) is 17.4 Å². The van der Waals surface area contributed by atoms with Crippen molar-refractivity contribution in [1.29, 1.82) is 0 Å². The van der Waals surface area contributed by atoms with Crippen molar-refractivity contribution in [1.82, 2.24) is 14.0 Å². The molecule has 2 amide bonds. The average molecular weight is 435 g/mol. The minimum absolute atomic E-state index is 0.0261. The number of ether oxygens (including phenoxy) is 1. The summed E-state index contributed by atoms with van der Waals surface area (Å²) < 4.78 is 7.36. The smallest absolute Gasteiger partial charge is 0.330 e. The zero-order valence-electron chi connectivity index (χ0n) is 17.7. The van der Waals surface area contributed by atoms with Crippen molar-refractivity contribution in [3.05, 3.63) is 80.1 Å². The lowest BCUT2D eigenvalue weighted by molar-refractivity contribution is -0.145. The molecule has 0 aliphatic carbocycles. The highest BCUT2D eigenvalue weighted by atomic mass is 16.5. The molecule has 9 nitrogen and oxygen atoms in total. The molecule has 0 spiro atoms. The first kappa shape index (κ1) is 21.2. The summed E-state index contributed by atoms with van der Waals surface area (Å²) in [7, 11) is 2.85. The molecular formula is C23H21N3O6. The highest BCUT2D eigenvalue weighted by molar-refractivity contribution is 6.25. The van der Waals surface area contributed by atoms with Crippen LogP contribution in [0.15, 0.2) is 52.1 Å². The molecule has 3 aromatic rings. The van der Waals surface area contributed by atoms with Gasteiger partial charge in [0, 0.05) is 49.6 Å². The van der Waals surface area contributed by atoms with E-state index in [2.05, 4.69) is 0 Å². The second-order valence-corrected chi connectivity index (χ2v) is 7.61. The summed E-state index contributed by atoms with van der Waals surface area (Å²) >= 11 is 0. The van der Waals surface area contributed by atoms with Crippen LogP contribution in [0, 0.1) is 0 Å². The molecule has 0 N–H and O–H groups in total. The van der Waals surface area contributed by atoms with Crippen molar-refractivity contribution >= 4 is 28.6 Å². The Morgan fingerprint density at radius 2 is 1.53 bits per heavy atom. The SMILES string of the molecule is Cn1c(COC(=O)CCCN2C(=O)c3cccc4cccc(c34)C2=O)cc(=O)n(C)c1=O. The van der Waals surface area contributed by atoms with E-state index < -0.39 is 17.2 Å². The highest BCUT2D eigenvalue weighted by Crippen LogP contribution is 2.30. The number of amides is 2. The maximum atomic E-state index is 12.9. The highest BCUT2D eigenvalue weighted by Gasteiger charge is 2.32. The van der Waals surface area contributed by atoms with Gasteiger partial charge in [-0.05, 0) is 23.9 Å². The number of esters is 1. The van der Waals surface area contributed by atoms with Crippen molar-refractivity contribution in [3.63, 3.8) is 0 Å². The van der Waals surface area contributed by atoms with Gasteiger partial charge >= 0.3 is 11.7 Å². The van der Waals surface area contributed by atoms with Crippen molar-refractivity contribution in [2.24, 2.45) is 14.1 Å². The number of aromatic nitrogens is 2. The molecule has 0 atom stereocenters. The molecule has 0 saturated heterocycles. The number of nitrogens with zero attached hydrogens (tertiary/aromatic N) is 3. The summed E-state index contributed by atoms with van der Waals surface area (Å²) in [5, 5.41) is 1.48. The zero-order valence-corrected chi connectivity index (χ0v) is 17.7. The summed E-state index contributed by atoms with van der Waals surface area (Å²) in [5.74, 6) is -1.33. The minimum atomic E-state index is -0.558. The molecule has 164 valence electrons. The molecule has 0 radical (unpaired) electrons. The van der Waals surface area contributed by atoms with Crippen LogP contribution >= 0.6 is 0 Å². The van der Waals surface area contributed by atoms with Crippen LogP contribution in [-0.4, -0.2) is 38.4 Å². The molecule has 4 rings (SSSR count). The number of imide groups is 1. The van der Waals surface area contributed by atoms with Gasteiger partial charge in [-0.1, -0.05) is 24.3 Å². The van der Waals surface area contributed by atoms with Crippen LogP contribution in [0.3, 0.4) is 0 Å². The number of hydrogen-bond donors (Lipinski definition) is 0. The Labute approximate surface area is 182 Å². The Kier molecular flexibility index (Phi) is 5.48. The van der Waals surface area contributed by atoms with Crippen LogP contribution in [0.2, 0.25) is 0 Å². The summed E-state index contributed by atoms with van der Waals surface area (Å²) in [6.07, 6.45) is 0.200. The number of rotatable bonds is 6. The number of carbonyl (C=O) groups is 3. The van der Waals surface area contributed by atoms with Crippen LogP contribution in [0.25, 0.3) is 10.8 Å². The summed E-state index contributed by atoms with van der Waals surface area (Å²) in [6, 6.07) is 11.9.